The predicted molar refractivity (Wildman–Crippen MR) is 90.8 cm³/mol. The molecule has 1 saturated heterocycles. The maximum atomic E-state index is 12.6. The van der Waals surface area contributed by atoms with Crippen LogP contribution in [0.15, 0.2) is 16.9 Å². The van der Waals surface area contributed by atoms with Crippen molar-refractivity contribution >= 4 is 5.91 Å². The van der Waals surface area contributed by atoms with Crippen molar-refractivity contribution in [2.75, 3.05) is 13.1 Å². The Morgan fingerprint density at radius 2 is 2.25 bits per heavy atom. The van der Waals surface area contributed by atoms with Gasteiger partial charge in [0.15, 0.2) is 0 Å². The fourth-order valence-corrected chi connectivity index (χ4v) is 3.61. The van der Waals surface area contributed by atoms with Gasteiger partial charge in [0.05, 0.1) is 11.7 Å². The number of nitrogens with zero attached hydrogens (tertiary/aromatic N) is 4. The first kappa shape index (κ1) is 16.7. The second-order valence-electron chi connectivity index (χ2n) is 6.54. The van der Waals surface area contributed by atoms with E-state index in [1.807, 2.05) is 31.1 Å². The molecule has 1 unspecified atom stereocenters. The highest BCUT2D eigenvalue weighted by Gasteiger charge is 2.25. The maximum Gasteiger partial charge on any atom is 0.222 e. The zero-order chi connectivity index (χ0) is 17.1. The molecule has 0 bridgehead atoms. The first-order valence-corrected chi connectivity index (χ1v) is 8.81. The summed E-state index contributed by atoms with van der Waals surface area (Å²) < 4.78 is 7.42. The molecule has 1 amide bonds. The summed E-state index contributed by atoms with van der Waals surface area (Å²) in [4.78, 5) is 19.1. The molecule has 1 aliphatic heterocycles. The highest BCUT2D eigenvalue weighted by atomic mass is 16.5. The van der Waals surface area contributed by atoms with Crippen LogP contribution < -0.4 is 0 Å². The van der Waals surface area contributed by atoms with E-state index in [-0.39, 0.29) is 5.91 Å². The molecular formula is C18H26N4O2. The van der Waals surface area contributed by atoms with Crippen LogP contribution in [0.1, 0.15) is 55.1 Å². The lowest BCUT2D eigenvalue weighted by molar-refractivity contribution is -0.132. The average Bonchev–Trinajstić information content (AvgIpc) is 3.20. The minimum Gasteiger partial charge on any atom is -0.361 e. The topological polar surface area (TPSA) is 64.2 Å². The van der Waals surface area contributed by atoms with Gasteiger partial charge < -0.3 is 14.0 Å². The number of hydrogen-bond acceptors (Lipinski definition) is 4. The van der Waals surface area contributed by atoms with Crippen LogP contribution in [0.3, 0.4) is 0 Å². The Balaban J connectivity index is 1.61. The zero-order valence-electron chi connectivity index (χ0n) is 14.8. The monoisotopic (exact) mass is 330 g/mol. The van der Waals surface area contributed by atoms with Gasteiger partial charge in [0.2, 0.25) is 5.91 Å². The fraction of sp³-hybridized carbons (Fsp3) is 0.611. The molecule has 130 valence electrons. The smallest absolute Gasteiger partial charge is 0.222 e. The van der Waals surface area contributed by atoms with Gasteiger partial charge in [-0.05, 0) is 33.1 Å². The molecule has 3 rings (SSSR count). The van der Waals surface area contributed by atoms with Crippen LogP contribution in [0.5, 0.6) is 0 Å². The molecule has 3 heterocycles. The Morgan fingerprint density at radius 3 is 2.96 bits per heavy atom. The summed E-state index contributed by atoms with van der Waals surface area (Å²) in [5.41, 5.74) is 1.96. The minimum absolute atomic E-state index is 0.220. The number of hydrogen-bond donors (Lipinski definition) is 0. The molecule has 1 aliphatic rings. The van der Waals surface area contributed by atoms with Crippen LogP contribution >= 0.6 is 0 Å². The molecule has 6 heteroatoms. The van der Waals surface area contributed by atoms with Gasteiger partial charge in [-0.2, -0.15) is 0 Å². The molecule has 24 heavy (non-hydrogen) atoms. The van der Waals surface area contributed by atoms with Crippen LogP contribution in [0.25, 0.3) is 0 Å². The molecule has 0 aromatic carbocycles. The van der Waals surface area contributed by atoms with Crippen LogP contribution in [0.2, 0.25) is 0 Å². The second kappa shape index (κ2) is 7.20. The van der Waals surface area contributed by atoms with Crippen molar-refractivity contribution in [3.05, 3.63) is 35.2 Å². The number of carbonyl (C=O) groups is 1. The number of rotatable bonds is 5. The third-order valence-electron chi connectivity index (χ3n) is 4.98. The number of aryl methyl sites for hydroxylation is 3. The highest BCUT2D eigenvalue weighted by molar-refractivity contribution is 5.76. The Hall–Kier alpha value is -2.11. The van der Waals surface area contributed by atoms with Gasteiger partial charge in [0.25, 0.3) is 0 Å². The van der Waals surface area contributed by atoms with E-state index in [2.05, 4.69) is 21.6 Å². The lowest BCUT2D eigenvalue weighted by Crippen LogP contribution is -2.41. The van der Waals surface area contributed by atoms with Crippen molar-refractivity contribution < 1.29 is 9.32 Å². The second-order valence-corrected chi connectivity index (χ2v) is 6.54. The molecule has 0 saturated carbocycles. The van der Waals surface area contributed by atoms with Crippen molar-refractivity contribution in [1.29, 1.82) is 0 Å². The Morgan fingerprint density at radius 1 is 1.42 bits per heavy atom. The van der Waals surface area contributed by atoms with Gasteiger partial charge in [-0.1, -0.05) is 12.1 Å². The van der Waals surface area contributed by atoms with Gasteiger partial charge in [-0.15, -0.1) is 0 Å². The summed E-state index contributed by atoms with van der Waals surface area (Å²) in [7, 11) is 0. The van der Waals surface area contributed by atoms with Gasteiger partial charge in [0.1, 0.15) is 11.6 Å². The van der Waals surface area contributed by atoms with Crippen LogP contribution in [0, 0.1) is 13.8 Å². The zero-order valence-corrected chi connectivity index (χ0v) is 14.8. The van der Waals surface area contributed by atoms with E-state index in [0.717, 1.165) is 55.2 Å². The summed E-state index contributed by atoms with van der Waals surface area (Å²) in [6, 6.07) is 0.346. The molecule has 2 aromatic heterocycles. The van der Waals surface area contributed by atoms with Gasteiger partial charge >= 0.3 is 0 Å². The van der Waals surface area contributed by atoms with Crippen LogP contribution in [-0.2, 0) is 17.6 Å². The van der Waals surface area contributed by atoms with E-state index >= 15 is 0 Å². The van der Waals surface area contributed by atoms with E-state index in [1.54, 1.807) is 0 Å². The van der Waals surface area contributed by atoms with Crippen molar-refractivity contribution in [3.63, 3.8) is 0 Å². The number of piperidine rings is 1. The van der Waals surface area contributed by atoms with E-state index in [1.165, 1.54) is 0 Å². The molecule has 0 aliphatic carbocycles. The third kappa shape index (κ3) is 3.37. The van der Waals surface area contributed by atoms with Crippen molar-refractivity contribution in [2.45, 2.75) is 58.9 Å². The molecule has 1 fully saturated rings. The minimum atomic E-state index is 0.220. The van der Waals surface area contributed by atoms with Crippen molar-refractivity contribution in [2.24, 2.45) is 0 Å². The number of amides is 1. The quantitative estimate of drug-likeness (QED) is 0.845. The summed E-state index contributed by atoms with van der Waals surface area (Å²) >= 11 is 0. The van der Waals surface area contributed by atoms with Gasteiger partial charge in [-0.3, -0.25) is 4.79 Å². The molecule has 0 N–H and O–H groups in total. The molecular weight excluding hydrogens is 304 g/mol. The number of likely N-dealkylation sites (tertiary alicyclic amines) is 1. The van der Waals surface area contributed by atoms with Gasteiger partial charge in [-0.25, -0.2) is 4.98 Å². The largest absolute Gasteiger partial charge is 0.361 e. The standard InChI is InChI=1S/C18H26N4O2/c1-4-17-19-9-11-22(17)15-6-5-10-21(12-15)18(23)8-7-16-13(2)20-24-14(16)3/h9,11,15H,4-8,10,12H2,1-3H3. The average molecular weight is 330 g/mol. The first-order valence-electron chi connectivity index (χ1n) is 8.81. The molecule has 0 spiro atoms. The lowest BCUT2D eigenvalue weighted by Gasteiger charge is -2.34. The Bertz CT molecular complexity index is 684. The molecule has 0 radical (unpaired) electrons. The summed E-state index contributed by atoms with van der Waals surface area (Å²) in [6.07, 6.45) is 8.19. The van der Waals surface area contributed by atoms with Crippen LogP contribution in [0.4, 0.5) is 0 Å². The van der Waals surface area contributed by atoms with E-state index in [4.69, 9.17) is 4.52 Å². The summed E-state index contributed by atoms with van der Waals surface area (Å²) in [5.74, 6) is 2.14. The normalized spacial score (nSPS) is 18.1. The summed E-state index contributed by atoms with van der Waals surface area (Å²) in [5, 5.41) is 3.96. The summed E-state index contributed by atoms with van der Waals surface area (Å²) in [6.45, 7) is 7.59. The Kier molecular flexibility index (Phi) is 5.02. The maximum absolute atomic E-state index is 12.6. The Labute approximate surface area is 142 Å². The highest BCUT2D eigenvalue weighted by Crippen LogP contribution is 2.24. The molecule has 2 aromatic rings. The van der Waals surface area contributed by atoms with Crippen molar-refractivity contribution in [1.82, 2.24) is 19.6 Å². The van der Waals surface area contributed by atoms with Crippen molar-refractivity contribution in [3.8, 4) is 0 Å². The van der Waals surface area contributed by atoms with E-state index < -0.39 is 0 Å². The lowest BCUT2D eigenvalue weighted by atomic mass is 10.0. The van der Waals surface area contributed by atoms with Gasteiger partial charge in [0, 0.05) is 43.9 Å². The predicted octanol–water partition coefficient (Wildman–Crippen LogP) is 2.85. The molecule has 6 nitrogen and oxygen atoms in total. The molecule has 1 atom stereocenters. The number of carbonyl (C=O) groups excluding carboxylic acids is 1. The number of imidazole rings is 1. The van der Waals surface area contributed by atoms with E-state index in [0.29, 0.717) is 18.9 Å². The fourth-order valence-electron chi connectivity index (χ4n) is 3.61. The third-order valence-corrected chi connectivity index (χ3v) is 4.98. The van der Waals surface area contributed by atoms with Crippen LogP contribution in [-0.4, -0.2) is 38.6 Å². The first-order chi connectivity index (χ1) is 11.6. The van der Waals surface area contributed by atoms with E-state index in [9.17, 15) is 4.79 Å². The number of aromatic nitrogens is 3. The SMILES string of the molecule is CCc1nccn1C1CCCN(C(=O)CCc2c(C)noc2C)C1.